The van der Waals surface area contributed by atoms with E-state index in [1.807, 2.05) is 0 Å². The fourth-order valence-electron chi connectivity index (χ4n) is 2.68. The summed E-state index contributed by atoms with van der Waals surface area (Å²) in [5, 5.41) is 12.3. The van der Waals surface area contributed by atoms with Gasteiger partial charge in [-0.15, -0.1) is 0 Å². The molecule has 1 aliphatic rings. The first kappa shape index (κ1) is 15.9. The summed E-state index contributed by atoms with van der Waals surface area (Å²) >= 11 is 3.21. The van der Waals surface area contributed by atoms with E-state index in [4.69, 9.17) is 0 Å². The maximum atomic E-state index is 12.1. The van der Waals surface area contributed by atoms with E-state index in [2.05, 4.69) is 33.2 Å². The highest BCUT2D eigenvalue weighted by Crippen LogP contribution is 2.38. The first-order valence-electron chi connectivity index (χ1n) is 7.06. The number of carbonyl (C=O) groups is 2. The minimum Gasteiger partial charge on any atom is -0.481 e. The summed E-state index contributed by atoms with van der Waals surface area (Å²) < 4.78 is 0.578. The lowest BCUT2D eigenvalue weighted by Crippen LogP contribution is -2.45. The number of carbonyl (C=O) groups excluding carboxylic acids is 1. The largest absolute Gasteiger partial charge is 0.481 e. The molecule has 0 radical (unpaired) electrons. The lowest BCUT2D eigenvalue weighted by Gasteiger charge is -2.35. The van der Waals surface area contributed by atoms with Gasteiger partial charge in [0.1, 0.15) is 4.60 Å². The third kappa shape index (κ3) is 3.81. The van der Waals surface area contributed by atoms with E-state index in [1.165, 1.54) is 6.20 Å². The molecular formula is C15H19BrN2O3. The fraction of sp³-hybridized carbons (Fsp3) is 0.533. The van der Waals surface area contributed by atoms with Crippen LogP contribution in [0.4, 0.5) is 0 Å². The van der Waals surface area contributed by atoms with Crippen LogP contribution in [0.25, 0.3) is 0 Å². The Morgan fingerprint density at radius 3 is 2.71 bits per heavy atom. The molecule has 2 rings (SSSR count). The lowest BCUT2D eigenvalue weighted by atomic mass is 9.71. The minimum atomic E-state index is -0.827. The standard InChI is InChI=1S/C15H19BrN2O3/c1-10-2-5-15(6-3-10,14(20)21)9-18-13(19)11-4-7-17-12(16)8-11/h4,7-8,10H,2-3,5-6,9H2,1H3,(H,18,19)(H,20,21). The number of aromatic nitrogens is 1. The summed E-state index contributed by atoms with van der Waals surface area (Å²) in [7, 11) is 0. The zero-order valence-electron chi connectivity index (χ0n) is 11.9. The number of halogens is 1. The second-order valence-electron chi connectivity index (χ2n) is 5.82. The SMILES string of the molecule is CC1CCC(CNC(=O)c2ccnc(Br)c2)(C(=O)O)CC1. The number of nitrogens with zero attached hydrogens (tertiary/aromatic N) is 1. The van der Waals surface area contributed by atoms with Gasteiger partial charge in [0.05, 0.1) is 5.41 Å². The molecule has 0 unspecified atom stereocenters. The van der Waals surface area contributed by atoms with Crippen LogP contribution in [0.2, 0.25) is 0 Å². The van der Waals surface area contributed by atoms with Crippen LogP contribution in [0.1, 0.15) is 43.0 Å². The predicted molar refractivity (Wildman–Crippen MR) is 82.0 cm³/mol. The van der Waals surface area contributed by atoms with Gasteiger partial charge in [-0.05, 0) is 59.7 Å². The van der Waals surface area contributed by atoms with Crippen LogP contribution >= 0.6 is 15.9 Å². The third-order valence-corrected chi connectivity index (χ3v) is 4.69. The molecule has 1 saturated carbocycles. The molecule has 0 aromatic carbocycles. The number of carboxylic acids is 1. The van der Waals surface area contributed by atoms with Gasteiger partial charge in [-0.2, -0.15) is 0 Å². The molecule has 1 aromatic heterocycles. The molecule has 1 fully saturated rings. The molecule has 2 N–H and O–H groups in total. The van der Waals surface area contributed by atoms with E-state index in [1.54, 1.807) is 12.1 Å². The van der Waals surface area contributed by atoms with Gasteiger partial charge in [-0.25, -0.2) is 4.98 Å². The van der Waals surface area contributed by atoms with Crippen LogP contribution in [0.5, 0.6) is 0 Å². The van der Waals surface area contributed by atoms with Crippen LogP contribution in [-0.2, 0) is 4.79 Å². The van der Waals surface area contributed by atoms with Crippen LogP contribution in [0, 0.1) is 11.3 Å². The quantitative estimate of drug-likeness (QED) is 0.814. The van der Waals surface area contributed by atoms with Crippen molar-refractivity contribution >= 4 is 27.8 Å². The van der Waals surface area contributed by atoms with Crippen LogP contribution in [0.15, 0.2) is 22.9 Å². The Morgan fingerprint density at radius 2 is 2.14 bits per heavy atom. The second-order valence-corrected chi connectivity index (χ2v) is 6.63. The Balaban J connectivity index is 2.02. The maximum Gasteiger partial charge on any atom is 0.311 e. The van der Waals surface area contributed by atoms with Crippen LogP contribution < -0.4 is 5.32 Å². The van der Waals surface area contributed by atoms with E-state index in [-0.39, 0.29) is 12.5 Å². The molecule has 0 bridgehead atoms. The highest BCUT2D eigenvalue weighted by molar-refractivity contribution is 9.10. The summed E-state index contributed by atoms with van der Waals surface area (Å²) in [6.07, 6.45) is 4.55. The number of hydrogen-bond donors (Lipinski definition) is 2. The van der Waals surface area contributed by atoms with Crippen molar-refractivity contribution in [3.05, 3.63) is 28.5 Å². The van der Waals surface area contributed by atoms with Crippen molar-refractivity contribution < 1.29 is 14.7 Å². The van der Waals surface area contributed by atoms with Crippen molar-refractivity contribution in [2.75, 3.05) is 6.54 Å². The van der Waals surface area contributed by atoms with Crippen LogP contribution in [-0.4, -0.2) is 28.5 Å². The number of hydrogen-bond acceptors (Lipinski definition) is 3. The van der Waals surface area contributed by atoms with Gasteiger partial charge >= 0.3 is 5.97 Å². The smallest absolute Gasteiger partial charge is 0.311 e. The summed E-state index contributed by atoms with van der Waals surface area (Å²) in [6, 6.07) is 3.22. The van der Waals surface area contributed by atoms with Gasteiger partial charge in [0, 0.05) is 18.3 Å². The number of rotatable bonds is 4. The van der Waals surface area contributed by atoms with Crippen molar-refractivity contribution in [3.63, 3.8) is 0 Å². The zero-order chi connectivity index (χ0) is 15.5. The average Bonchev–Trinajstić information content (AvgIpc) is 2.46. The number of pyridine rings is 1. The van der Waals surface area contributed by atoms with Gasteiger partial charge in [-0.3, -0.25) is 9.59 Å². The molecule has 1 aliphatic carbocycles. The van der Waals surface area contributed by atoms with Crippen molar-refractivity contribution in [1.82, 2.24) is 10.3 Å². The van der Waals surface area contributed by atoms with E-state index in [0.29, 0.717) is 28.9 Å². The van der Waals surface area contributed by atoms with Gasteiger partial charge in [0.2, 0.25) is 0 Å². The van der Waals surface area contributed by atoms with Crippen LogP contribution in [0.3, 0.4) is 0 Å². The molecule has 1 heterocycles. The topological polar surface area (TPSA) is 79.3 Å². The second kappa shape index (κ2) is 6.56. The Hall–Kier alpha value is -1.43. The van der Waals surface area contributed by atoms with E-state index < -0.39 is 11.4 Å². The fourth-order valence-corrected chi connectivity index (χ4v) is 3.04. The molecule has 1 amide bonds. The first-order chi connectivity index (χ1) is 9.93. The molecule has 0 saturated heterocycles. The molecule has 5 nitrogen and oxygen atoms in total. The average molecular weight is 355 g/mol. The summed E-state index contributed by atoms with van der Waals surface area (Å²) in [5.74, 6) is -0.521. The Bertz CT molecular complexity index is 539. The number of nitrogens with one attached hydrogen (secondary N) is 1. The molecule has 1 aromatic rings. The predicted octanol–water partition coefficient (Wildman–Crippen LogP) is 2.86. The summed E-state index contributed by atoms with van der Waals surface area (Å²) in [4.78, 5) is 27.7. The highest BCUT2D eigenvalue weighted by Gasteiger charge is 2.41. The molecular weight excluding hydrogens is 336 g/mol. The maximum absolute atomic E-state index is 12.1. The Kier molecular flexibility index (Phi) is 4.98. The molecule has 114 valence electrons. The summed E-state index contributed by atoms with van der Waals surface area (Å²) in [5.41, 5.74) is -0.353. The molecule has 0 spiro atoms. The first-order valence-corrected chi connectivity index (χ1v) is 7.85. The van der Waals surface area contributed by atoms with Crippen molar-refractivity contribution in [2.45, 2.75) is 32.6 Å². The van der Waals surface area contributed by atoms with Crippen molar-refractivity contribution in [2.24, 2.45) is 11.3 Å². The van der Waals surface area contributed by atoms with Gasteiger partial charge in [0.15, 0.2) is 0 Å². The third-order valence-electron chi connectivity index (χ3n) is 4.26. The molecule has 0 aliphatic heterocycles. The molecule has 0 atom stereocenters. The normalized spacial score (nSPS) is 25.3. The van der Waals surface area contributed by atoms with Crippen molar-refractivity contribution in [3.8, 4) is 0 Å². The van der Waals surface area contributed by atoms with E-state index >= 15 is 0 Å². The zero-order valence-corrected chi connectivity index (χ0v) is 13.5. The Labute approximate surface area is 132 Å². The number of carboxylic acid groups (broad SMARTS) is 1. The van der Waals surface area contributed by atoms with E-state index in [9.17, 15) is 14.7 Å². The Morgan fingerprint density at radius 1 is 1.48 bits per heavy atom. The number of amides is 1. The van der Waals surface area contributed by atoms with Gasteiger partial charge < -0.3 is 10.4 Å². The van der Waals surface area contributed by atoms with Gasteiger partial charge in [-0.1, -0.05) is 6.92 Å². The highest BCUT2D eigenvalue weighted by atomic mass is 79.9. The monoisotopic (exact) mass is 354 g/mol. The van der Waals surface area contributed by atoms with Gasteiger partial charge in [0.25, 0.3) is 5.91 Å². The molecule has 21 heavy (non-hydrogen) atoms. The molecule has 6 heteroatoms. The van der Waals surface area contributed by atoms with Crippen molar-refractivity contribution in [1.29, 1.82) is 0 Å². The van der Waals surface area contributed by atoms with E-state index in [0.717, 1.165) is 12.8 Å². The minimum absolute atomic E-state index is 0.174. The summed E-state index contributed by atoms with van der Waals surface area (Å²) in [6.45, 7) is 2.31. The number of aliphatic carboxylic acids is 1. The lowest BCUT2D eigenvalue weighted by molar-refractivity contribution is -0.151.